The van der Waals surface area contributed by atoms with Crippen molar-refractivity contribution in [2.24, 2.45) is 4.99 Å². The molecule has 0 bridgehead atoms. The number of aliphatic imine (C=N–C) groups is 1. The van der Waals surface area contributed by atoms with Crippen molar-refractivity contribution in [3.05, 3.63) is 54.6 Å². The molecule has 9 nitrogen and oxygen atoms in total. The average molecular weight is 402 g/mol. The number of nitrogens with zero attached hydrogens (tertiary/aromatic N) is 5. The highest BCUT2D eigenvalue weighted by Gasteiger charge is 2.13. The number of amides is 1. The number of pyridine rings is 1. The van der Waals surface area contributed by atoms with Crippen LogP contribution in [0.5, 0.6) is 0 Å². The van der Waals surface area contributed by atoms with Gasteiger partial charge >= 0.3 is 0 Å². The van der Waals surface area contributed by atoms with Crippen LogP contribution >= 0.6 is 11.3 Å². The molecule has 142 valence electrons. The number of benzene rings is 1. The number of nitrogens with one attached hydrogen (secondary N) is 3. The van der Waals surface area contributed by atoms with Gasteiger partial charge in [-0.1, -0.05) is 11.3 Å². The number of aromatic amines is 1. The lowest BCUT2D eigenvalue weighted by molar-refractivity contribution is -0.112. The largest absolute Gasteiger partial charge is 0.330 e. The molecule has 0 spiro atoms. The maximum Gasteiger partial charge on any atom is 0.273 e. The number of fused-ring (bicyclic) bond motifs is 1. The third kappa shape index (κ3) is 3.60. The van der Waals surface area contributed by atoms with Gasteiger partial charge in [-0.2, -0.15) is 5.10 Å². The number of hydrogen-bond donors (Lipinski definition) is 3. The summed E-state index contributed by atoms with van der Waals surface area (Å²) in [6.45, 7) is 0. The molecule has 0 radical (unpaired) electrons. The highest BCUT2D eigenvalue weighted by atomic mass is 32.1. The van der Waals surface area contributed by atoms with Gasteiger partial charge in [-0.05, 0) is 30.3 Å². The monoisotopic (exact) mass is 402 g/mol. The second kappa shape index (κ2) is 7.24. The summed E-state index contributed by atoms with van der Waals surface area (Å²) in [5, 5.41) is 23.8. The maximum atomic E-state index is 12.2. The van der Waals surface area contributed by atoms with Gasteiger partial charge in [0.05, 0.1) is 23.6 Å². The Morgan fingerprint density at radius 2 is 2.07 bits per heavy atom. The molecular formula is C19H14N8OS. The fourth-order valence-corrected chi connectivity index (χ4v) is 3.62. The topological polar surface area (TPSA) is 121 Å². The van der Waals surface area contributed by atoms with Crippen LogP contribution in [-0.4, -0.2) is 37.5 Å². The third-order valence-electron chi connectivity index (χ3n) is 4.24. The van der Waals surface area contributed by atoms with Crippen LogP contribution in [0.4, 0.5) is 16.5 Å². The fourth-order valence-electron chi connectivity index (χ4n) is 2.87. The predicted octanol–water partition coefficient (Wildman–Crippen LogP) is 3.52. The fraction of sp³-hybridized carbons (Fsp3) is 0.0526. The van der Waals surface area contributed by atoms with Crippen LogP contribution in [0.3, 0.4) is 0 Å². The summed E-state index contributed by atoms with van der Waals surface area (Å²) in [7, 11) is 0. The number of carbonyl (C=O) groups excluding carboxylic acids is 1. The standard InChI is InChI=1S/C19H14N8OS/c28-17(16-2-1-5-21-16)23-14-7-12(8-20-10-14)18-26-27-19(29-18)24-13-3-4-15-11(6-13)9-22-25-15/h2-10H,1H2,(H,22,25)(H,23,28)(H,24,27). The van der Waals surface area contributed by atoms with Crippen molar-refractivity contribution in [1.82, 2.24) is 25.4 Å². The SMILES string of the molecule is O=C(Nc1cncc(-c2nnc(Nc3ccc4[nH]ncc4c3)s2)c1)C1=CCC=N1. The lowest BCUT2D eigenvalue weighted by Crippen LogP contribution is -2.12. The molecule has 0 fully saturated rings. The van der Waals surface area contributed by atoms with Gasteiger partial charge in [0.15, 0.2) is 5.01 Å². The van der Waals surface area contributed by atoms with E-state index in [1.165, 1.54) is 11.3 Å². The Morgan fingerprint density at radius 3 is 2.97 bits per heavy atom. The molecule has 0 saturated carbocycles. The van der Waals surface area contributed by atoms with E-state index in [0.717, 1.165) is 22.2 Å². The van der Waals surface area contributed by atoms with Crippen molar-refractivity contribution in [3.63, 3.8) is 0 Å². The summed E-state index contributed by atoms with van der Waals surface area (Å²) in [5.74, 6) is -0.257. The van der Waals surface area contributed by atoms with Gasteiger partial charge in [0.1, 0.15) is 5.70 Å². The van der Waals surface area contributed by atoms with Crippen molar-refractivity contribution in [3.8, 4) is 10.6 Å². The molecule has 0 saturated heterocycles. The Kier molecular flexibility index (Phi) is 4.30. The van der Waals surface area contributed by atoms with Crippen LogP contribution in [-0.2, 0) is 4.79 Å². The number of rotatable bonds is 5. The zero-order chi connectivity index (χ0) is 19.6. The van der Waals surface area contributed by atoms with Crippen molar-refractivity contribution in [2.45, 2.75) is 6.42 Å². The number of carbonyl (C=O) groups is 1. The zero-order valence-electron chi connectivity index (χ0n) is 15.0. The normalized spacial score (nSPS) is 12.9. The minimum Gasteiger partial charge on any atom is -0.330 e. The molecule has 5 rings (SSSR count). The molecule has 1 amide bonds. The molecule has 0 atom stereocenters. The summed E-state index contributed by atoms with van der Waals surface area (Å²) >= 11 is 1.40. The Balaban J connectivity index is 1.33. The van der Waals surface area contributed by atoms with E-state index in [0.29, 0.717) is 27.9 Å². The predicted molar refractivity (Wildman–Crippen MR) is 112 cm³/mol. The van der Waals surface area contributed by atoms with E-state index >= 15 is 0 Å². The molecule has 0 unspecified atom stereocenters. The summed E-state index contributed by atoms with van der Waals surface area (Å²) in [6, 6.07) is 7.69. The Morgan fingerprint density at radius 1 is 1.10 bits per heavy atom. The summed E-state index contributed by atoms with van der Waals surface area (Å²) in [4.78, 5) is 20.4. The third-order valence-corrected chi connectivity index (χ3v) is 5.13. The van der Waals surface area contributed by atoms with E-state index in [-0.39, 0.29) is 5.91 Å². The minimum absolute atomic E-state index is 0.257. The van der Waals surface area contributed by atoms with Crippen LogP contribution in [0.2, 0.25) is 0 Å². The Hall–Kier alpha value is -3.92. The summed E-state index contributed by atoms with van der Waals surface area (Å²) in [5.41, 5.74) is 3.61. The van der Waals surface area contributed by atoms with Gasteiger partial charge in [0.2, 0.25) is 5.13 Å². The first kappa shape index (κ1) is 17.2. The van der Waals surface area contributed by atoms with Crippen molar-refractivity contribution >= 4 is 50.9 Å². The van der Waals surface area contributed by atoms with Gasteiger partial charge in [-0.25, -0.2) is 0 Å². The molecule has 1 aliphatic rings. The van der Waals surface area contributed by atoms with E-state index in [9.17, 15) is 4.79 Å². The molecule has 1 aliphatic heterocycles. The molecule has 3 N–H and O–H groups in total. The lowest BCUT2D eigenvalue weighted by atomic mass is 10.2. The lowest BCUT2D eigenvalue weighted by Gasteiger charge is -2.05. The average Bonchev–Trinajstić information content (AvgIpc) is 3.49. The number of allylic oxidation sites excluding steroid dienone is 1. The number of anilines is 3. The van der Waals surface area contributed by atoms with Gasteiger partial charge in [-0.3, -0.25) is 19.9 Å². The highest BCUT2D eigenvalue weighted by Crippen LogP contribution is 2.30. The van der Waals surface area contributed by atoms with E-state index in [1.54, 1.807) is 30.9 Å². The summed E-state index contributed by atoms with van der Waals surface area (Å²) < 4.78 is 0. The molecular weight excluding hydrogens is 388 g/mol. The van der Waals surface area contributed by atoms with E-state index in [4.69, 9.17) is 0 Å². The van der Waals surface area contributed by atoms with Crippen LogP contribution in [0, 0.1) is 0 Å². The van der Waals surface area contributed by atoms with Crippen LogP contribution < -0.4 is 10.6 Å². The summed E-state index contributed by atoms with van der Waals surface area (Å²) in [6.07, 6.45) is 9.19. The van der Waals surface area contributed by atoms with Crippen molar-refractivity contribution in [2.75, 3.05) is 10.6 Å². The molecule has 10 heteroatoms. The minimum atomic E-state index is -0.257. The number of H-pyrrole nitrogens is 1. The first-order valence-corrected chi connectivity index (χ1v) is 9.59. The molecule has 1 aromatic carbocycles. The van der Waals surface area contributed by atoms with E-state index < -0.39 is 0 Å². The highest BCUT2D eigenvalue weighted by molar-refractivity contribution is 7.18. The zero-order valence-corrected chi connectivity index (χ0v) is 15.8. The van der Waals surface area contributed by atoms with E-state index in [2.05, 4.69) is 41.0 Å². The van der Waals surface area contributed by atoms with Gasteiger partial charge in [0, 0.05) is 35.5 Å². The maximum absolute atomic E-state index is 12.2. The van der Waals surface area contributed by atoms with Crippen molar-refractivity contribution in [1.29, 1.82) is 0 Å². The van der Waals surface area contributed by atoms with Gasteiger partial charge in [-0.15, -0.1) is 10.2 Å². The first-order valence-electron chi connectivity index (χ1n) is 8.78. The molecule has 0 aliphatic carbocycles. The molecule has 3 aromatic heterocycles. The molecule has 4 heterocycles. The second-order valence-corrected chi connectivity index (χ2v) is 7.24. The smallest absolute Gasteiger partial charge is 0.273 e. The quantitative estimate of drug-likeness (QED) is 0.470. The second-order valence-electron chi connectivity index (χ2n) is 6.26. The van der Waals surface area contributed by atoms with Crippen molar-refractivity contribution < 1.29 is 4.79 Å². The molecule has 4 aromatic rings. The van der Waals surface area contributed by atoms with Gasteiger partial charge < -0.3 is 10.6 Å². The van der Waals surface area contributed by atoms with Crippen LogP contribution in [0.15, 0.2) is 59.6 Å². The first-order chi connectivity index (χ1) is 14.2. The van der Waals surface area contributed by atoms with E-state index in [1.807, 2.05) is 24.3 Å². The van der Waals surface area contributed by atoms with Gasteiger partial charge in [0.25, 0.3) is 5.91 Å². The Bertz CT molecular complexity index is 1270. The van der Waals surface area contributed by atoms with Crippen LogP contribution in [0.1, 0.15) is 6.42 Å². The number of hydrogen-bond acceptors (Lipinski definition) is 8. The number of aromatic nitrogens is 5. The molecule has 29 heavy (non-hydrogen) atoms. The Labute approximate surface area is 168 Å². The van der Waals surface area contributed by atoms with Crippen LogP contribution in [0.25, 0.3) is 21.5 Å².